The number of aromatic nitrogens is 1. The van der Waals surface area contributed by atoms with Crippen molar-refractivity contribution in [2.24, 2.45) is 0 Å². The average Bonchev–Trinajstić information content (AvgIpc) is 2.45. The predicted molar refractivity (Wildman–Crippen MR) is 78.2 cm³/mol. The summed E-state index contributed by atoms with van der Waals surface area (Å²) in [5.74, 6) is -0.367. The van der Waals surface area contributed by atoms with Gasteiger partial charge in [0.05, 0.1) is 6.10 Å². The molecule has 2 aromatic rings. The molecule has 1 N–H and O–H groups in total. The van der Waals surface area contributed by atoms with Crippen molar-refractivity contribution < 1.29 is 9.50 Å². The van der Waals surface area contributed by atoms with E-state index in [1.54, 1.807) is 25.4 Å². The van der Waals surface area contributed by atoms with E-state index in [-0.39, 0.29) is 5.82 Å². The summed E-state index contributed by atoms with van der Waals surface area (Å²) in [5, 5.41) is 9.74. The van der Waals surface area contributed by atoms with Crippen LogP contribution in [0.1, 0.15) is 24.2 Å². The second-order valence-electron chi connectivity index (χ2n) is 4.88. The van der Waals surface area contributed by atoms with Crippen LogP contribution in [0, 0.1) is 5.82 Å². The molecule has 106 valence electrons. The number of halogens is 1. The van der Waals surface area contributed by atoms with E-state index in [1.807, 2.05) is 30.1 Å². The maximum Gasteiger partial charge on any atom is 0.131 e. The van der Waals surface area contributed by atoms with Crippen molar-refractivity contribution in [3.63, 3.8) is 0 Å². The van der Waals surface area contributed by atoms with E-state index in [9.17, 15) is 9.50 Å². The van der Waals surface area contributed by atoms with Gasteiger partial charge in [-0.1, -0.05) is 6.07 Å². The molecule has 0 fully saturated rings. The molecule has 0 amide bonds. The van der Waals surface area contributed by atoms with Crippen LogP contribution >= 0.6 is 0 Å². The third kappa shape index (κ3) is 3.33. The minimum Gasteiger partial charge on any atom is -0.389 e. The van der Waals surface area contributed by atoms with E-state index >= 15 is 0 Å². The minimum atomic E-state index is -0.824. The lowest BCUT2D eigenvalue weighted by atomic mass is 10.1. The first kappa shape index (κ1) is 14.5. The fourth-order valence-corrected chi connectivity index (χ4v) is 2.24. The van der Waals surface area contributed by atoms with Crippen molar-refractivity contribution in [2.45, 2.75) is 19.4 Å². The Kier molecular flexibility index (Phi) is 4.69. The highest BCUT2D eigenvalue weighted by Gasteiger charge is 2.16. The third-order valence-corrected chi connectivity index (χ3v) is 3.34. The summed E-state index contributed by atoms with van der Waals surface area (Å²) in [6.07, 6.45) is 3.54. The van der Waals surface area contributed by atoms with Gasteiger partial charge >= 0.3 is 0 Å². The standard InChI is InChI=1S/C16H19FN2O/c1-12(20)16-14(17)4-3-5-15(16)19(2)11-8-13-6-9-18-10-7-13/h3-7,9-10,12,20H,8,11H2,1-2H3/t12-/m0/s1. The predicted octanol–water partition coefficient (Wildman–Crippen LogP) is 2.95. The Morgan fingerprint density at radius 3 is 2.60 bits per heavy atom. The molecule has 1 aromatic carbocycles. The van der Waals surface area contributed by atoms with Crippen LogP contribution in [0.25, 0.3) is 0 Å². The number of benzene rings is 1. The van der Waals surface area contributed by atoms with Gasteiger partial charge in [-0.2, -0.15) is 0 Å². The Morgan fingerprint density at radius 2 is 1.95 bits per heavy atom. The lowest BCUT2D eigenvalue weighted by Gasteiger charge is -2.24. The van der Waals surface area contributed by atoms with Crippen molar-refractivity contribution in [3.8, 4) is 0 Å². The summed E-state index contributed by atoms with van der Waals surface area (Å²) in [5.41, 5.74) is 2.26. The number of pyridine rings is 1. The molecule has 0 spiro atoms. The topological polar surface area (TPSA) is 36.4 Å². The van der Waals surface area contributed by atoms with Gasteiger partial charge in [-0.3, -0.25) is 4.98 Å². The summed E-state index contributed by atoms with van der Waals surface area (Å²) in [6.45, 7) is 2.33. The maximum absolute atomic E-state index is 13.8. The minimum absolute atomic E-state index is 0.352. The molecule has 1 aromatic heterocycles. The van der Waals surface area contributed by atoms with E-state index in [2.05, 4.69) is 4.98 Å². The summed E-state index contributed by atoms with van der Waals surface area (Å²) < 4.78 is 13.8. The molecule has 0 aliphatic heterocycles. The number of anilines is 1. The molecule has 0 aliphatic rings. The number of aliphatic hydroxyl groups is 1. The molecule has 1 atom stereocenters. The van der Waals surface area contributed by atoms with E-state index in [4.69, 9.17) is 0 Å². The van der Waals surface area contributed by atoms with Gasteiger partial charge in [-0.05, 0) is 43.2 Å². The van der Waals surface area contributed by atoms with Crippen LogP contribution in [0.2, 0.25) is 0 Å². The molecule has 0 radical (unpaired) electrons. The fourth-order valence-electron chi connectivity index (χ4n) is 2.24. The number of hydrogen-bond donors (Lipinski definition) is 1. The molecule has 20 heavy (non-hydrogen) atoms. The van der Waals surface area contributed by atoms with Crippen LogP contribution in [0.4, 0.5) is 10.1 Å². The zero-order valence-electron chi connectivity index (χ0n) is 11.8. The zero-order valence-corrected chi connectivity index (χ0v) is 11.8. The number of likely N-dealkylation sites (N-methyl/N-ethyl adjacent to an activating group) is 1. The Balaban J connectivity index is 2.13. The number of rotatable bonds is 5. The molecule has 3 nitrogen and oxygen atoms in total. The van der Waals surface area contributed by atoms with Crippen LogP contribution in [0.15, 0.2) is 42.7 Å². The van der Waals surface area contributed by atoms with Crippen LogP contribution in [0.3, 0.4) is 0 Å². The molecule has 2 rings (SSSR count). The molecule has 0 aliphatic carbocycles. The maximum atomic E-state index is 13.8. The van der Waals surface area contributed by atoms with Crippen molar-refractivity contribution in [2.75, 3.05) is 18.5 Å². The van der Waals surface area contributed by atoms with Gasteiger partial charge < -0.3 is 10.0 Å². The first-order valence-corrected chi connectivity index (χ1v) is 6.66. The highest BCUT2D eigenvalue weighted by molar-refractivity contribution is 5.54. The van der Waals surface area contributed by atoms with Crippen molar-refractivity contribution in [1.29, 1.82) is 0 Å². The Hall–Kier alpha value is -1.94. The normalized spacial score (nSPS) is 12.2. The van der Waals surface area contributed by atoms with Gasteiger partial charge in [0.15, 0.2) is 0 Å². The number of nitrogens with zero attached hydrogens (tertiary/aromatic N) is 2. The smallest absolute Gasteiger partial charge is 0.131 e. The summed E-state index contributed by atoms with van der Waals surface area (Å²) in [7, 11) is 1.90. The van der Waals surface area contributed by atoms with E-state index < -0.39 is 6.10 Å². The largest absolute Gasteiger partial charge is 0.389 e. The molecular formula is C16H19FN2O. The van der Waals surface area contributed by atoms with E-state index in [1.165, 1.54) is 11.6 Å². The Morgan fingerprint density at radius 1 is 1.25 bits per heavy atom. The van der Waals surface area contributed by atoms with Crippen LogP contribution in [-0.2, 0) is 6.42 Å². The van der Waals surface area contributed by atoms with Gasteiger partial charge in [-0.15, -0.1) is 0 Å². The van der Waals surface area contributed by atoms with E-state index in [0.717, 1.165) is 18.7 Å². The Bertz CT molecular complexity index is 558. The number of hydrogen-bond acceptors (Lipinski definition) is 3. The van der Waals surface area contributed by atoms with Crippen molar-refractivity contribution >= 4 is 5.69 Å². The molecule has 1 heterocycles. The first-order valence-electron chi connectivity index (χ1n) is 6.66. The molecular weight excluding hydrogens is 255 g/mol. The van der Waals surface area contributed by atoms with Crippen LogP contribution in [-0.4, -0.2) is 23.7 Å². The van der Waals surface area contributed by atoms with Gasteiger partial charge in [0.2, 0.25) is 0 Å². The SMILES string of the molecule is C[C@H](O)c1c(F)cccc1N(C)CCc1ccncc1. The summed E-state index contributed by atoms with van der Waals surface area (Å²) in [6, 6.07) is 8.81. The molecule has 0 saturated carbocycles. The van der Waals surface area contributed by atoms with Gasteiger partial charge in [0.25, 0.3) is 0 Å². The monoisotopic (exact) mass is 274 g/mol. The van der Waals surface area contributed by atoms with E-state index in [0.29, 0.717) is 5.56 Å². The zero-order chi connectivity index (χ0) is 14.5. The molecule has 0 unspecified atom stereocenters. The summed E-state index contributed by atoms with van der Waals surface area (Å²) >= 11 is 0. The molecule has 0 saturated heterocycles. The molecule has 0 bridgehead atoms. The van der Waals surface area contributed by atoms with Crippen LogP contribution in [0.5, 0.6) is 0 Å². The van der Waals surface area contributed by atoms with Crippen LogP contribution < -0.4 is 4.90 Å². The second-order valence-corrected chi connectivity index (χ2v) is 4.88. The van der Waals surface area contributed by atoms with Crippen molar-refractivity contribution in [3.05, 3.63) is 59.7 Å². The average molecular weight is 274 g/mol. The van der Waals surface area contributed by atoms with Crippen molar-refractivity contribution in [1.82, 2.24) is 4.98 Å². The third-order valence-electron chi connectivity index (χ3n) is 3.34. The molecule has 4 heteroatoms. The Labute approximate surface area is 118 Å². The highest BCUT2D eigenvalue weighted by atomic mass is 19.1. The second kappa shape index (κ2) is 6.48. The van der Waals surface area contributed by atoms with Gasteiger partial charge in [-0.25, -0.2) is 4.39 Å². The van der Waals surface area contributed by atoms with Gasteiger partial charge in [0.1, 0.15) is 5.82 Å². The van der Waals surface area contributed by atoms with Gasteiger partial charge in [0, 0.05) is 37.2 Å². The number of aliphatic hydroxyl groups excluding tert-OH is 1. The quantitative estimate of drug-likeness (QED) is 0.910. The highest BCUT2D eigenvalue weighted by Crippen LogP contribution is 2.28. The fraction of sp³-hybridized carbons (Fsp3) is 0.312. The first-order chi connectivity index (χ1) is 9.59. The summed E-state index contributed by atoms with van der Waals surface area (Å²) in [4.78, 5) is 5.95. The lowest BCUT2D eigenvalue weighted by molar-refractivity contribution is 0.194. The lowest BCUT2D eigenvalue weighted by Crippen LogP contribution is -2.22.